The third-order valence-corrected chi connectivity index (χ3v) is 9.84. The summed E-state index contributed by atoms with van der Waals surface area (Å²) >= 11 is 0. The predicted octanol–water partition coefficient (Wildman–Crippen LogP) is 12.7. The molecule has 0 unspecified atom stereocenters. The fourth-order valence-corrected chi connectivity index (χ4v) is 7.68. The van der Waals surface area contributed by atoms with Crippen molar-refractivity contribution in [2.24, 2.45) is 0 Å². The molecule has 8 aromatic rings. The van der Waals surface area contributed by atoms with E-state index in [4.69, 9.17) is 4.42 Å². The Hall–Kier alpha value is -5.86. The third kappa shape index (κ3) is 4.33. The van der Waals surface area contributed by atoms with Crippen molar-refractivity contribution in [3.63, 3.8) is 0 Å². The highest BCUT2D eigenvalue weighted by Crippen LogP contribution is 2.55. The van der Waals surface area contributed by atoms with Crippen molar-refractivity contribution in [2.45, 2.75) is 19.3 Å². The van der Waals surface area contributed by atoms with Crippen molar-refractivity contribution >= 4 is 39.0 Å². The lowest BCUT2D eigenvalue weighted by Gasteiger charge is -2.26. The molecule has 224 valence electrons. The fraction of sp³-hybridized carbons (Fsp3) is 0.0667. The van der Waals surface area contributed by atoms with E-state index in [1.165, 1.54) is 55.3 Å². The minimum atomic E-state index is -0.166. The number of hydrogen-bond acceptors (Lipinski definition) is 2. The first-order valence-corrected chi connectivity index (χ1v) is 16.3. The molecule has 1 heterocycles. The molecule has 1 aliphatic rings. The maximum Gasteiger partial charge on any atom is 0.135 e. The van der Waals surface area contributed by atoms with Crippen molar-refractivity contribution in [1.29, 1.82) is 0 Å². The monoisotopic (exact) mass is 603 g/mol. The molecule has 0 fully saturated rings. The first-order valence-electron chi connectivity index (χ1n) is 16.3. The summed E-state index contributed by atoms with van der Waals surface area (Å²) in [5, 5.41) is 2.42. The minimum Gasteiger partial charge on any atom is -0.456 e. The molecule has 0 amide bonds. The number of benzene rings is 7. The molecule has 1 aliphatic carbocycles. The Morgan fingerprint density at radius 1 is 0.468 bits per heavy atom. The van der Waals surface area contributed by atoms with Crippen LogP contribution in [0.25, 0.3) is 55.3 Å². The molecule has 0 saturated carbocycles. The quantitative estimate of drug-likeness (QED) is 0.195. The smallest absolute Gasteiger partial charge is 0.135 e. The molecule has 7 aromatic carbocycles. The second-order valence-corrected chi connectivity index (χ2v) is 12.9. The molecule has 2 heteroatoms. The van der Waals surface area contributed by atoms with E-state index in [0.717, 1.165) is 28.2 Å². The van der Waals surface area contributed by atoms with Crippen LogP contribution in [0.3, 0.4) is 0 Å². The van der Waals surface area contributed by atoms with Gasteiger partial charge in [-0.25, -0.2) is 0 Å². The molecule has 0 saturated heterocycles. The van der Waals surface area contributed by atoms with Gasteiger partial charge in [-0.05, 0) is 93.0 Å². The third-order valence-electron chi connectivity index (χ3n) is 9.84. The predicted molar refractivity (Wildman–Crippen MR) is 197 cm³/mol. The summed E-state index contributed by atoms with van der Waals surface area (Å²) in [6, 6.07) is 58.7. The molecule has 9 rings (SSSR count). The van der Waals surface area contributed by atoms with Crippen molar-refractivity contribution in [2.75, 3.05) is 4.90 Å². The van der Waals surface area contributed by atoms with Crippen LogP contribution in [0.5, 0.6) is 0 Å². The number of fused-ring (bicyclic) bond motifs is 7. The van der Waals surface area contributed by atoms with E-state index in [2.05, 4.69) is 176 Å². The van der Waals surface area contributed by atoms with Gasteiger partial charge in [0.2, 0.25) is 0 Å². The average molecular weight is 604 g/mol. The zero-order chi connectivity index (χ0) is 31.5. The summed E-state index contributed by atoms with van der Waals surface area (Å²) in [6.07, 6.45) is 0. The van der Waals surface area contributed by atoms with E-state index in [1.54, 1.807) is 0 Å². The molecule has 0 spiro atoms. The van der Waals surface area contributed by atoms with Crippen molar-refractivity contribution in [3.8, 4) is 33.4 Å². The van der Waals surface area contributed by atoms with Gasteiger partial charge in [-0.15, -0.1) is 0 Å². The van der Waals surface area contributed by atoms with Gasteiger partial charge in [-0.2, -0.15) is 0 Å². The van der Waals surface area contributed by atoms with Gasteiger partial charge in [0, 0.05) is 33.2 Å². The van der Waals surface area contributed by atoms with Crippen LogP contribution in [0.1, 0.15) is 25.0 Å². The van der Waals surface area contributed by atoms with E-state index in [9.17, 15) is 0 Å². The van der Waals surface area contributed by atoms with Crippen molar-refractivity contribution in [3.05, 3.63) is 175 Å². The molecule has 0 atom stereocenters. The average Bonchev–Trinajstić information content (AvgIpc) is 3.61. The Morgan fingerprint density at radius 2 is 1.13 bits per heavy atom. The fourth-order valence-electron chi connectivity index (χ4n) is 7.68. The summed E-state index contributed by atoms with van der Waals surface area (Å²) in [5.74, 6) is 0. The molecule has 0 radical (unpaired) electrons. The standard InChI is InChI=1S/C45H33NO/c1-45(2)39-21-12-20-36(42(39)38-27-28-41-43(44(38)45)37-19-9-10-22-40(37)47-41)31-23-25-34(26-24-31)46(33-16-7-4-8-17-33)35-18-11-15-32(29-35)30-13-5-3-6-14-30/h3-29H,1-2H3. The Kier molecular flexibility index (Phi) is 6.20. The molecule has 2 nitrogen and oxygen atoms in total. The van der Waals surface area contributed by atoms with Crippen LogP contribution in [0.4, 0.5) is 17.1 Å². The number of hydrogen-bond donors (Lipinski definition) is 0. The molecule has 1 aromatic heterocycles. The molecule has 47 heavy (non-hydrogen) atoms. The SMILES string of the molecule is CC1(C)c2cccc(-c3ccc(N(c4ccccc4)c4cccc(-c5ccccc5)c4)cc3)c2-c2ccc3oc4ccccc4c3c21. The van der Waals surface area contributed by atoms with Gasteiger partial charge in [-0.3, -0.25) is 0 Å². The molecular formula is C45H33NO. The maximum atomic E-state index is 6.32. The van der Waals surface area contributed by atoms with Crippen molar-refractivity contribution < 1.29 is 4.42 Å². The van der Waals surface area contributed by atoms with Gasteiger partial charge in [0.25, 0.3) is 0 Å². The number of nitrogens with zero attached hydrogens (tertiary/aromatic N) is 1. The topological polar surface area (TPSA) is 16.4 Å². The number of para-hydroxylation sites is 2. The molecule has 0 aliphatic heterocycles. The maximum absolute atomic E-state index is 6.32. The van der Waals surface area contributed by atoms with Crippen LogP contribution in [-0.4, -0.2) is 0 Å². The van der Waals surface area contributed by atoms with Gasteiger partial charge in [0.15, 0.2) is 0 Å². The number of furan rings is 1. The molecule has 0 bridgehead atoms. The van der Waals surface area contributed by atoms with E-state index < -0.39 is 0 Å². The van der Waals surface area contributed by atoms with Gasteiger partial charge in [0.05, 0.1) is 0 Å². The Bertz CT molecular complexity index is 2420. The number of anilines is 3. The van der Waals surface area contributed by atoms with Gasteiger partial charge >= 0.3 is 0 Å². The highest BCUT2D eigenvalue weighted by molar-refractivity contribution is 6.12. The van der Waals surface area contributed by atoms with Crippen LogP contribution in [0, 0.1) is 0 Å². The summed E-state index contributed by atoms with van der Waals surface area (Å²) in [4.78, 5) is 2.34. The van der Waals surface area contributed by atoms with E-state index in [-0.39, 0.29) is 5.41 Å². The Balaban J connectivity index is 1.17. The van der Waals surface area contributed by atoms with Gasteiger partial charge in [0.1, 0.15) is 11.2 Å². The van der Waals surface area contributed by atoms with E-state index in [1.807, 2.05) is 6.07 Å². The highest BCUT2D eigenvalue weighted by atomic mass is 16.3. The van der Waals surface area contributed by atoms with Gasteiger partial charge in [-0.1, -0.05) is 129 Å². The second-order valence-electron chi connectivity index (χ2n) is 12.9. The summed E-state index contributed by atoms with van der Waals surface area (Å²) in [5.41, 5.74) is 15.3. The van der Waals surface area contributed by atoms with Crippen LogP contribution >= 0.6 is 0 Å². The summed E-state index contributed by atoms with van der Waals surface area (Å²) < 4.78 is 6.32. The Labute approximate surface area is 275 Å². The van der Waals surface area contributed by atoms with E-state index in [0.29, 0.717) is 0 Å². The van der Waals surface area contributed by atoms with Crippen LogP contribution < -0.4 is 4.90 Å². The first-order chi connectivity index (χ1) is 23.1. The van der Waals surface area contributed by atoms with Crippen molar-refractivity contribution in [1.82, 2.24) is 0 Å². The lowest BCUT2D eigenvalue weighted by Crippen LogP contribution is -2.15. The Morgan fingerprint density at radius 3 is 1.94 bits per heavy atom. The van der Waals surface area contributed by atoms with Crippen LogP contribution in [0.15, 0.2) is 168 Å². The second kappa shape index (κ2) is 10.6. The van der Waals surface area contributed by atoms with E-state index >= 15 is 0 Å². The summed E-state index contributed by atoms with van der Waals surface area (Å²) in [7, 11) is 0. The molecular weight excluding hydrogens is 571 g/mol. The zero-order valence-electron chi connectivity index (χ0n) is 26.4. The van der Waals surface area contributed by atoms with Crippen LogP contribution in [0.2, 0.25) is 0 Å². The molecule has 0 N–H and O–H groups in total. The zero-order valence-corrected chi connectivity index (χ0v) is 26.4. The lowest BCUT2D eigenvalue weighted by molar-refractivity contribution is 0.657. The first kappa shape index (κ1) is 27.5. The van der Waals surface area contributed by atoms with Gasteiger partial charge < -0.3 is 9.32 Å². The van der Waals surface area contributed by atoms with Crippen LogP contribution in [-0.2, 0) is 5.41 Å². The lowest BCUT2D eigenvalue weighted by atomic mass is 9.80. The minimum absolute atomic E-state index is 0.166. The number of rotatable bonds is 5. The highest BCUT2D eigenvalue weighted by Gasteiger charge is 2.39. The normalized spacial score (nSPS) is 13.1. The largest absolute Gasteiger partial charge is 0.456 e. The summed E-state index contributed by atoms with van der Waals surface area (Å²) in [6.45, 7) is 4.71.